The number of hydrogen-bond donors (Lipinski definition) is 2. The summed E-state index contributed by atoms with van der Waals surface area (Å²) in [7, 11) is 1.45. The zero-order chi connectivity index (χ0) is 49.4. The van der Waals surface area contributed by atoms with Crippen molar-refractivity contribution < 1.29 is 37.3 Å². The molecule has 1 amide bonds. The number of phosphoric acid groups is 1. The molecule has 0 saturated carbocycles. The lowest BCUT2D eigenvalue weighted by Crippen LogP contribution is -2.47. The maximum atomic E-state index is 13.4. The number of amides is 1. The van der Waals surface area contributed by atoms with Crippen LogP contribution in [0.5, 0.6) is 0 Å². The van der Waals surface area contributed by atoms with Gasteiger partial charge >= 0.3 is 13.8 Å². The Morgan fingerprint density at radius 3 is 1.42 bits per heavy atom. The van der Waals surface area contributed by atoms with Gasteiger partial charge in [0, 0.05) is 12.8 Å². The van der Waals surface area contributed by atoms with Crippen molar-refractivity contribution in [2.75, 3.05) is 40.9 Å². The van der Waals surface area contributed by atoms with Crippen molar-refractivity contribution in [3.05, 3.63) is 72.9 Å². The third-order valence-electron chi connectivity index (χ3n) is 11.6. The first-order chi connectivity index (χ1) is 32.4. The molecular weight excluding hydrogens is 856 g/mol. The van der Waals surface area contributed by atoms with Crippen LogP contribution in [0.3, 0.4) is 0 Å². The van der Waals surface area contributed by atoms with Gasteiger partial charge in [-0.15, -0.1) is 0 Å². The zero-order valence-electron chi connectivity index (χ0n) is 44.1. The molecule has 9 nitrogen and oxygen atoms in total. The number of nitrogens with zero attached hydrogens (tertiary/aromatic N) is 1. The van der Waals surface area contributed by atoms with Crippen LogP contribution in [0.15, 0.2) is 72.9 Å². The maximum Gasteiger partial charge on any atom is 0.472 e. The second kappa shape index (κ2) is 47.1. The SMILES string of the molecule is CCCCC/C=C\C/C=C\C/C=C\CCCCCCC(=O)NC(COP(=O)(O)OCC[N+](C)(C)C)C(/C=C\CCCCCCCCCCC)OC(=O)CC/C=C/C/C=C\CCCCCCCC. The van der Waals surface area contributed by atoms with Crippen LogP contribution in [0.1, 0.15) is 226 Å². The van der Waals surface area contributed by atoms with Gasteiger partial charge in [-0.25, -0.2) is 4.57 Å². The molecule has 0 aliphatic rings. The highest BCUT2D eigenvalue weighted by molar-refractivity contribution is 7.47. The highest BCUT2D eigenvalue weighted by atomic mass is 31.2. The molecule has 3 unspecified atom stereocenters. The van der Waals surface area contributed by atoms with Crippen LogP contribution in [0.25, 0.3) is 0 Å². The van der Waals surface area contributed by atoms with Crippen molar-refractivity contribution in [3.63, 3.8) is 0 Å². The number of hydrogen-bond acceptors (Lipinski definition) is 6. The summed E-state index contributed by atoms with van der Waals surface area (Å²) in [6, 6.07) is -0.883. The van der Waals surface area contributed by atoms with Crippen LogP contribution >= 0.6 is 7.82 Å². The summed E-state index contributed by atoms with van der Waals surface area (Å²) in [4.78, 5) is 37.4. The summed E-state index contributed by atoms with van der Waals surface area (Å²) < 4.78 is 30.4. The highest BCUT2D eigenvalue weighted by Gasteiger charge is 2.30. The third kappa shape index (κ3) is 48.3. The fourth-order valence-electron chi connectivity index (χ4n) is 7.35. The number of ether oxygens (including phenoxy) is 1. The number of quaternary nitrogens is 1. The van der Waals surface area contributed by atoms with Crippen molar-refractivity contribution in [1.29, 1.82) is 0 Å². The van der Waals surface area contributed by atoms with E-state index in [4.69, 9.17) is 13.8 Å². The van der Waals surface area contributed by atoms with E-state index in [-0.39, 0.29) is 25.5 Å². The lowest BCUT2D eigenvalue weighted by Gasteiger charge is -2.27. The summed E-state index contributed by atoms with van der Waals surface area (Å²) in [6.07, 6.45) is 59.1. The van der Waals surface area contributed by atoms with Crippen molar-refractivity contribution in [3.8, 4) is 0 Å². The molecule has 0 bridgehead atoms. The number of carbonyl (C=O) groups is 2. The van der Waals surface area contributed by atoms with Crippen LogP contribution in [-0.4, -0.2) is 74.3 Å². The molecule has 388 valence electrons. The molecule has 0 aliphatic carbocycles. The Bertz CT molecular complexity index is 1380. The molecule has 0 aromatic rings. The molecule has 0 saturated heterocycles. The molecule has 3 atom stereocenters. The average Bonchev–Trinajstić information content (AvgIpc) is 3.28. The number of unbranched alkanes of at least 4 members (excludes halogenated alkanes) is 22. The van der Waals surface area contributed by atoms with Crippen molar-refractivity contribution >= 4 is 19.7 Å². The van der Waals surface area contributed by atoms with E-state index in [2.05, 4.69) is 80.8 Å². The molecule has 0 rings (SSSR count). The van der Waals surface area contributed by atoms with E-state index in [0.717, 1.165) is 70.6 Å². The summed E-state index contributed by atoms with van der Waals surface area (Å²) in [5.74, 6) is -0.613. The van der Waals surface area contributed by atoms with E-state index in [0.29, 0.717) is 30.3 Å². The molecule has 0 aromatic heterocycles. The number of esters is 1. The summed E-state index contributed by atoms with van der Waals surface area (Å²) in [6.45, 7) is 6.89. The standard InChI is InChI=1S/C57H103N2O7P/c1-7-10-13-16-19-22-25-27-28-29-30-32-34-37-40-43-46-49-56(60)58-54(53-65-67(62,63)64-52-51-59(4,5)6)55(48-45-42-39-36-33-24-21-18-15-12-9-3)66-57(61)50-47-44-41-38-35-31-26-23-20-17-14-11-8-2/h19,22,27-28,30-32,35,41,44-45,48,54-55H,7-18,20-21,23-26,29,33-34,36-40,42-43,46-47,49-53H2,1-6H3,(H-,58,60,62,63)/p+1/b22-19-,28-27-,32-30-,35-31-,44-41+,48-45-. The Kier molecular flexibility index (Phi) is 45.3. The van der Waals surface area contributed by atoms with Gasteiger partial charge in [0.05, 0.1) is 33.8 Å². The molecule has 0 heterocycles. The van der Waals surface area contributed by atoms with Gasteiger partial charge in [0.25, 0.3) is 0 Å². The molecule has 0 fully saturated rings. The second-order valence-electron chi connectivity index (χ2n) is 19.4. The Hall–Kier alpha value is -2.55. The minimum absolute atomic E-state index is 0.0256. The number of likely N-dealkylation sites (N-methyl/N-ethyl adjacent to an activating group) is 1. The van der Waals surface area contributed by atoms with Crippen LogP contribution in [-0.2, 0) is 27.9 Å². The van der Waals surface area contributed by atoms with Gasteiger partial charge in [0.2, 0.25) is 5.91 Å². The zero-order valence-corrected chi connectivity index (χ0v) is 45.0. The number of phosphoric ester groups is 1. The highest BCUT2D eigenvalue weighted by Crippen LogP contribution is 2.43. The van der Waals surface area contributed by atoms with Gasteiger partial charge in [-0.2, -0.15) is 0 Å². The predicted molar refractivity (Wildman–Crippen MR) is 286 cm³/mol. The molecule has 0 spiro atoms. The van der Waals surface area contributed by atoms with E-state index in [1.807, 2.05) is 39.4 Å². The fourth-order valence-corrected chi connectivity index (χ4v) is 8.09. The first-order valence-corrected chi connectivity index (χ1v) is 28.8. The molecule has 0 radical (unpaired) electrons. The van der Waals surface area contributed by atoms with Crippen LogP contribution in [0.2, 0.25) is 0 Å². The molecule has 0 aromatic carbocycles. The maximum absolute atomic E-state index is 13.4. The van der Waals surface area contributed by atoms with E-state index < -0.39 is 25.9 Å². The first-order valence-electron chi connectivity index (χ1n) is 27.3. The minimum Gasteiger partial charge on any atom is -0.456 e. The average molecular weight is 960 g/mol. The topological polar surface area (TPSA) is 111 Å². The molecular formula is C57H104N2O7P+. The minimum atomic E-state index is -4.46. The Morgan fingerprint density at radius 1 is 0.522 bits per heavy atom. The normalized spacial score (nSPS) is 14.4. The van der Waals surface area contributed by atoms with E-state index in [1.165, 1.54) is 109 Å². The van der Waals surface area contributed by atoms with E-state index in [1.54, 1.807) is 0 Å². The van der Waals surface area contributed by atoms with Gasteiger partial charge in [0.1, 0.15) is 19.3 Å². The molecule has 67 heavy (non-hydrogen) atoms. The number of nitrogens with one attached hydrogen (secondary N) is 1. The second-order valence-corrected chi connectivity index (χ2v) is 20.8. The largest absolute Gasteiger partial charge is 0.472 e. The Balaban J connectivity index is 5.48. The molecule has 0 aliphatic heterocycles. The van der Waals surface area contributed by atoms with Crippen molar-refractivity contribution in [2.24, 2.45) is 0 Å². The van der Waals surface area contributed by atoms with Gasteiger partial charge in [-0.3, -0.25) is 18.6 Å². The van der Waals surface area contributed by atoms with Crippen LogP contribution < -0.4 is 5.32 Å². The van der Waals surface area contributed by atoms with Crippen LogP contribution in [0, 0.1) is 0 Å². The van der Waals surface area contributed by atoms with Crippen LogP contribution in [0.4, 0.5) is 0 Å². The lowest BCUT2D eigenvalue weighted by molar-refractivity contribution is -0.870. The first kappa shape index (κ1) is 64.5. The predicted octanol–water partition coefficient (Wildman–Crippen LogP) is 16.1. The molecule has 10 heteroatoms. The van der Waals surface area contributed by atoms with Gasteiger partial charge in [0.15, 0.2) is 0 Å². The number of allylic oxidation sites excluding steroid dienone is 11. The smallest absolute Gasteiger partial charge is 0.456 e. The van der Waals surface area contributed by atoms with Gasteiger partial charge in [-0.1, -0.05) is 197 Å². The monoisotopic (exact) mass is 960 g/mol. The summed E-state index contributed by atoms with van der Waals surface area (Å²) >= 11 is 0. The number of rotatable bonds is 48. The summed E-state index contributed by atoms with van der Waals surface area (Å²) in [5.41, 5.74) is 0. The van der Waals surface area contributed by atoms with Crippen molar-refractivity contribution in [1.82, 2.24) is 5.32 Å². The fraction of sp³-hybridized carbons (Fsp3) is 0.754. The molecule has 2 N–H and O–H groups in total. The number of carbonyl (C=O) groups excluding carboxylic acids is 2. The van der Waals surface area contributed by atoms with Gasteiger partial charge in [-0.05, 0) is 89.5 Å². The van der Waals surface area contributed by atoms with E-state index in [9.17, 15) is 19.0 Å². The Labute approximate surface area is 413 Å². The third-order valence-corrected chi connectivity index (χ3v) is 12.6. The van der Waals surface area contributed by atoms with Gasteiger partial charge < -0.3 is 19.4 Å². The van der Waals surface area contributed by atoms with E-state index >= 15 is 0 Å². The lowest BCUT2D eigenvalue weighted by atomic mass is 10.1. The van der Waals surface area contributed by atoms with Crippen molar-refractivity contribution in [2.45, 2.75) is 238 Å². The quantitative estimate of drug-likeness (QED) is 0.0205. The summed E-state index contributed by atoms with van der Waals surface area (Å²) in [5, 5.41) is 3.01. The Morgan fingerprint density at radius 2 is 0.925 bits per heavy atom.